The Balaban J connectivity index is 1.91. The fourth-order valence-electron chi connectivity index (χ4n) is 3.28. The maximum Gasteiger partial charge on any atom is 0.166 e. The number of pyridine rings is 1. The maximum absolute atomic E-state index is 12.9. The molecule has 20 heavy (non-hydrogen) atoms. The van der Waals surface area contributed by atoms with Gasteiger partial charge in [0.2, 0.25) is 0 Å². The zero-order valence-corrected chi connectivity index (χ0v) is 11.8. The van der Waals surface area contributed by atoms with Crippen LogP contribution in [0.25, 0.3) is 10.8 Å². The van der Waals surface area contributed by atoms with E-state index in [1.54, 1.807) is 6.20 Å². The molecule has 1 heterocycles. The highest BCUT2D eigenvalue weighted by Crippen LogP contribution is 2.28. The molecule has 0 aliphatic heterocycles. The summed E-state index contributed by atoms with van der Waals surface area (Å²) < 4.78 is 0. The van der Waals surface area contributed by atoms with E-state index in [9.17, 15) is 4.79 Å². The molecule has 2 heteroatoms. The quantitative estimate of drug-likeness (QED) is 0.733. The van der Waals surface area contributed by atoms with Crippen LogP contribution >= 0.6 is 0 Å². The van der Waals surface area contributed by atoms with Crippen LogP contribution in [0.2, 0.25) is 0 Å². The average molecular weight is 267 g/mol. The molecule has 1 aliphatic carbocycles. The van der Waals surface area contributed by atoms with Crippen molar-refractivity contribution in [3.05, 3.63) is 42.2 Å². The third kappa shape index (κ3) is 2.74. The standard InChI is InChI=1S/C18H21NO/c20-18(14-7-4-2-1-3-5-8-14)17-10-6-9-15-13-19-12-11-16(15)17/h6,9-14H,1-5,7-8H2. The van der Waals surface area contributed by atoms with Crippen LogP contribution in [0.5, 0.6) is 0 Å². The smallest absolute Gasteiger partial charge is 0.166 e. The van der Waals surface area contributed by atoms with Gasteiger partial charge in [0, 0.05) is 29.3 Å². The molecule has 1 aromatic heterocycles. The van der Waals surface area contributed by atoms with E-state index in [1.165, 1.54) is 32.1 Å². The number of ketones is 1. The van der Waals surface area contributed by atoms with Gasteiger partial charge in [0.25, 0.3) is 0 Å². The summed E-state index contributed by atoms with van der Waals surface area (Å²) in [5.41, 5.74) is 0.885. The summed E-state index contributed by atoms with van der Waals surface area (Å²) in [4.78, 5) is 17.0. The van der Waals surface area contributed by atoms with Gasteiger partial charge in [0.05, 0.1) is 0 Å². The van der Waals surface area contributed by atoms with Gasteiger partial charge < -0.3 is 0 Å². The third-order valence-corrected chi connectivity index (χ3v) is 4.42. The number of rotatable bonds is 2. The predicted octanol–water partition coefficient (Wildman–Crippen LogP) is 4.78. The van der Waals surface area contributed by atoms with E-state index >= 15 is 0 Å². The predicted molar refractivity (Wildman–Crippen MR) is 81.9 cm³/mol. The van der Waals surface area contributed by atoms with Crippen LogP contribution in [0.15, 0.2) is 36.7 Å². The number of fused-ring (bicyclic) bond motifs is 1. The highest BCUT2D eigenvalue weighted by molar-refractivity contribution is 6.08. The van der Waals surface area contributed by atoms with Crippen LogP contribution < -0.4 is 0 Å². The fraction of sp³-hybridized carbons (Fsp3) is 0.444. The van der Waals surface area contributed by atoms with Gasteiger partial charge in [-0.2, -0.15) is 0 Å². The molecule has 1 fully saturated rings. The van der Waals surface area contributed by atoms with Gasteiger partial charge in [0.1, 0.15) is 0 Å². The number of hydrogen-bond donors (Lipinski definition) is 0. The molecule has 0 bridgehead atoms. The van der Waals surface area contributed by atoms with Crippen molar-refractivity contribution >= 4 is 16.6 Å². The molecular weight excluding hydrogens is 246 g/mol. The molecule has 3 rings (SSSR count). The summed E-state index contributed by atoms with van der Waals surface area (Å²) in [6, 6.07) is 7.94. The van der Waals surface area contributed by atoms with E-state index in [2.05, 4.69) is 4.98 Å². The van der Waals surface area contributed by atoms with Gasteiger partial charge in [-0.05, 0) is 24.3 Å². The summed E-state index contributed by atoms with van der Waals surface area (Å²) in [6.45, 7) is 0. The van der Waals surface area contributed by atoms with Gasteiger partial charge in [-0.3, -0.25) is 9.78 Å². The van der Waals surface area contributed by atoms with Crippen molar-refractivity contribution < 1.29 is 4.79 Å². The lowest BCUT2D eigenvalue weighted by atomic mass is 9.84. The first-order valence-corrected chi connectivity index (χ1v) is 7.73. The molecular formula is C18H21NO. The molecule has 1 saturated carbocycles. The highest BCUT2D eigenvalue weighted by atomic mass is 16.1. The van der Waals surface area contributed by atoms with E-state index in [1.807, 2.05) is 30.5 Å². The van der Waals surface area contributed by atoms with Crippen LogP contribution in [0.3, 0.4) is 0 Å². The second kappa shape index (κ2) is 6.17. The molecule has 0 saturated heterocycles. The minimum atomic E-state index is 0.217. The number of Topliss-reactive ketones (excluding diaryl/α,β-unsaturated/α-hetero) is 1. The largest absolute Gasteiger partial charge is 0.294 e. The number of benzene rings is 1. The first-order valence-electron chi connectivity index (χ1n) is 7.73. The summed E-state index contributed by atoms with van der Waals surface area (Å²) in [7, 11) is 0. The van der Waals surface area contributed by atoms with Crippen LogP contribution in [0.4, 0.5) is 0 Å². The molecule has 0 unspecified atom stereocenters. The highest BCUT2D eigenvalue weighted by Gasteiger charge is 2.22. The van der Waals surface area contributed by atoms with Gasteiger partial charge in [-0.1, -0.05) is 50.3 Å². The lowest BCUT2D eigenvalue weighted by Gasteiger charge is -2.19. The Morgan fingerprint density at radius 1 is 1.00 bits per heavy atom. The van der Waals surface area contributed by atoms with Crippen molar-refractivity contribution in [2.45, 2.75) is 44.9 Å². The first kappa shape index (κ1) is 13.3. The molecule has 104 valence electrons. The summed E-state index contributed by atoms with van der Waals surface area (Å²) in [6.07, 6.45) is 12.0. The summed E-state index contributed by atoms with van der Waals surface area (Å²) in [5, 5.41) is 2.11. The molecule has 0 spiro atoms. The van der Waals surface area contributed by atoms with Gasteiger partial charge in [-0.25, -0.2) is 0 Å². The van der Waals surface area contributed by atoms with Crippen LogP contribution in [-0.2, 0) is 0 Å². The molecule has 0 amide bonds. The molecule has 0 N–H and O–H groups in total. The van der Waals surface area contributed by atoms with Crippen LogP contribution in [-0.4, -0.2) is 10.8 Å². The van der Waals surface area contributed by atoms with E-state index < -0.39 is 0 Å². The molecule has 2 aromatic rings. The number of hydrogen-bond acceptors (Lipinski definition) is 2. The summed E-state index contributed by atoms with van der Waals surface area (Å²) in [5.74, 6) is 0.553. The van der Waals surface area contributed by atoms with Crippen molar-refractivity contribution in [3.8, 4) is 0 Å². The zero-order chi connectivity index (χ0) is 13.8. The van der Waals surface area contributed by atoms with Gasteiger partial charge in [-0.15, -0.1) is 0 Å². The van der Waals surface area contributed by atoms with E-state index in [0.29, 0.717) is 5.78 Å². The van der Waals surface area contributed by atoms with Gasteiger partial charge in [0.15, 0.2) is 5.78 Å². The number of nitrogens with zero attached hydrogens (tertiary/aromatic N) is 1. The first-order chi connectivity index (χ1) is 9.86. The number of carbonyl (C=O) groups is 1. The number of carbonyl (C=O) groups excluding carboxylic acids is 1. The SMILES string of the molecule is O=C(c1cccc2cnccc12)C1CCCCCCC1. The monoisotopic (exact) mass is 267 g/mol. The minimum absolute atomic E-state index is 0.217. The van der Waals surface area contributed by atoms with Crippen molar-refractivity contribution in [3.63, 3.8) is 0 Å². The van der Waals surface area contributed by atoms with Gasteiger partial charge >= 0.3 is 0 Å². The van der Waals surface area contributed by atoms with E-state index in [4.69, 9.17) is 0 Å². The lowest BCUT2D eigenvalue weighted by Crippen LogP contribution is -2.16. The fourth-order valence-corrected chi connectivity index (χ4v) is 3.28. The summed E-state index contributed by atoms with van der Waals surface area (Å²) >= 11 is 0. The zero-order valence-electron chi connectivity index (χ0n) is 11.8. The Morgan fingerprint density at radius 3 is 2.55 bits per heavy atom. The van der Waals surface area contributed by atoms with Crippen LogP contribution in [0.1, 0.15) is 55.3 Å². The average Bonchev–Trinajstić information content (AvgIpc) is 2.46. The third-order valence-electron chi connectivity index (χ3n) is 4.42. The molecule has 0 radical (unpaired) electrons. The molecule has 1 aromatic carbocycles. The minimum Gasteiger partial charge on any atom is -0.294 e. The Hall–Kier alpha value is -1.70. The van der Waals surface area contributed by atoms with Crippen molar-refractivity contribution in [2.24, 2.45) is 5.92 Å². The Bertz CT molecular complexity index is 592. The molecule has 1 aliphatic rings. The van der Waals surface area contributed by atoms with Crippen molar-refractivity contribution in [1.82, 2.24) is 4.98 Å². The van der Waals surface area contributed by atoms with E-state index in [-0.39, 0.29) is 5.92 Å². The van der Waals surface area contributed by atoms with Crippen LogP contribution in [0, 0.1) is 5.92 Å². The van der Waals surface area contributed by atoms with Crippen molar-refractivity contribution in [2.75, 3.05) is 0 Å². The Morgan fingerprint density at radius 2 is 1.75 bits per heavy atom. The topological polar surface area (TPSA) is 30.0 Å². The molecule has 2 nitrogen and oxygen atoms in total. The second-order valence-electron chi connectivity index (χ2n) is 5.81. The second-order valence-corrected chi connectivity index (χ2v) is 5.81. The van der Waals surface area contributed by atoms with Crippen molar-refractivity contribution in [1.29, 1.82) is 0 Å². The number of aromatic nitrogens is 1. The lowest BCUT2D eigenvalue weighted by molar-refractivity contribution is 0.0900. The normalized spacial score (nSPS) is 17.6. The maximum atomic E-state index is 12.9. The Kier molecular flexibility index (Phi) is 4.10. The van der Waals surface area contributed by atoms with E-state index in [0.717, 1.165) is 29.2 Å². The molecule has 0 atom stereocenters. The Labute approximate surface area is 120 Å².